The smallest absolute Gasteiger partial charge is 0.265 e. The maximum absolute atomic E-state index is 11.9. The van der Waals surface area contributed by atoms with Gasteiger partial charge < -0.3 is 16.4 Å². The van der Waals surface area contributed by atoms with Crippen LogP contribution < -0.4 is 16.4 Å². The molecule has 1 saturated carbocycles. The van der Waals surface area contributed by atoms with Crippen LogP contribution >= 0.6 is 11.3 Å². The third-order valence-corrected chi connectivity index (χ3v) is 5.61. The van der Waals surface area contributed by atoms with Crippen molar-refractivity contribution >= 4 is 38.0 Å². The average Bonchev–Trinajstić information content (AvgIpc) is 3.11. The number of nitrogen functional groups attached to an aromatic ring is 1. The summed E-state index contributed by atoms with van der Waals surface area (Å²) < 4.78 is 22.6. The lowest BCUT2D eigenvalue weighted by Crippen LogP contribution is -2.29. The third-order valence-electron chi connectivity index (χ3n) is 2.90. The summed E-state index contributed by atoms with van der Waals surface area (Å²) in [7, 11) is -3.08. The number of thiazole rings is 1. The van der Waals surface area contributed by atoms with Crippen LogP contribution in [0.15, 0.2) is 0 Å². The Morgan fingerprint density at radius 3 is 2.80 bits per heavy atom. The fourth-order valence-electron chi connectivity index (χ4n) is 1.50. The topological polar surface area (TPSA) is 114 Å². The summed E-state index contributed by atoms with van der Waals surface area (Å²) in [5.41, 5.74) is 5.70. The van der Waals surface area contributed by atoms with Crippen LogP contribution in [0, 0.1) is 0 Å². The van der Waals surface area contributed by atoms with Crippen LogP contribution in [0.2, 0.25) is 0 Å². The van der Waals surface area contributed by atoms with Gasteiger partial charge in [-0.1, -0.05) is 18.3 Å². The number of hydrogen-bond acceptors (Lipinski definition) is 7. The van der Waals surface area contributed by atoms with Gasteiger partial charge in [-0.2, -0.15) is 0 Å². The summed E-state index contributed by atoms with van der Waals surface area (Å²) in [4.78, 5) is 16.3. The molecule has 1 fully saturated rings. The second-order valence-corrected chi connectivity index (χ2v) is 8.12. The predicted molar refractivity (Wildman–Crippen MR) is 79.8 cm³/mol. The highest BCUT2D eigenvalue weighted by Gasteiger charge is 2.24. The molecule has 0 unspecified atom stereocenters. The van der Waals surface area contributed by atoms with Crippen molar-refractivity contribution in [2.24, 2.45) is 0 Å². The molecule has 112 valence electrons. The van der Waals surface area contributed by atoms with E-state index in [4.69, 9.17) is 5.73 Å². The third kappa shape index (κ3) is 4.07. The van der Waals surface area contributed by atoms with Crippen molar-refractivity contribution in [3.05, 3.63) is 4.88 Å². The van der Waals surface area contributed by atoms with Gasteiger partial charge in [0, 0.05) is 18.3 Å². The number of sulfone groups is 1. The number of aromatic nitrogens is 1. The van der Waals surface area contributed by atoms with Gasteiger partial charge in [-0.15, -0.1) is 0 Å². The van der Waals surface area contributed by atoms with E-state index in [2.05, 4.69) is 15.6 Å². The van der Waals surface area contributed by atoms with Crippen molar-refractivity contribution in [2.75, 3.05) is 29.1 Å². The summed E-state index contributed by atoms with van der Waals surface area (Å²) in [6.07, 6.45) is 2.21. The number of hydrogen-bond donors (Lipinski definition) is 3. The molecule has 1 aliphatic rings. The maximum Gasteiger partial charge on any atom is 0.265 e. The van der Waals surface area contributed by atoms with Crippen LogP contribution in [0.1, 0.15) is 29.4 Å². The van der Waals surface area contributed by atoms with Crippen molar-refractivity contribution in [1.82, 2.24) is 10.3 Å². The van der Waals surface area contributed by atoms with Crippen LogP contribution in [0.3, 0.4) is 0 Å². The van der Waals surface area contributed by atoms with Gasteiger partial charge in [-0.3, -0.25) is 4.79 Å². The summed E-state index contributed by atoms with van der Waals surface area (Å²) in [6.45, 7) is 1.66. The first-order valence-corrected chi connectivity index (χ1v) is 9.06. The van der Waals surface area contributed by atoms with E-state index in [1.807, 2.05) is 0 Å². The molecule has 1 amide bonds. The van der Waals surface area contributed by atoms with Gasteiger partial charge in [-0.05, 0) is 12.8 Å². The van der Waals surface area contributed by atoms with Crippen molar-refractivity contribution in [3.8, 4) is 0 Å². The molecule has 1 aromatic rings. The Kier molecular flexibility index (Phi) is 4.48. The Morgan fingerprint density at radius 1 is 1.50 bits per heavy atom. The number of carbonyl (C=O) groups excluding carboxylic acids is 1. The Labute approximate surface area is 121 Å². The molecule has 20 heavy (non-hydrogen) atoms. The van der Waals surface area contributed by atoms with Crippen LogP contribution in [0.25, 0.3) is 0 Å². The fraction of sp³-hybridized carbons (Fsp3) is 0.636. The van der Waals surface area contributed by atoms with Crippen LogP contribution in [0.4, 0.5) is 10.9 Å². The Bertz CT molecular complexity index is 593. The van der Waals surface area contributed by atoms with Gasteiger partial charge in [0.2, 0.25) is 0 Å². The van der Waals surface area contributed by atoms with Crippen LogP contribution in [0.5, 0.6) is 0 Å². The normalized spacial score (nSPS) is 15.1. The van der Waals surface area contributed by atoms with E-state index in [-0.39, 0.29) is 29.8 Å². The Morgan fingerprint density at radius 2 is 2.20 bits per heavy atom. The van der Waals surface area contributed by atoms with Gasteiger partial charge >= 0.3 is 0 Å². The number of nitrogens with two attached hydrogens (primary N) is 1. The molecule has 0 aromatic carbocycles. The molecule has 1 heterocycles. The molecule has 4 N–H and O–H groups in total. The molecular formula is C11H18N4O3S2. The molecule has 1 aromatic heterocycles. The molecular weight excluding hydrogens is 300 g/mol. The lowest BCUT2D eigenvalue weighted by atomic mass is 10.4. The molecule has 0 spiro atoms. The second-order valence-electron chi connectivity index (χ2n) is 4.64. The molecule has 0 saturated heterocycles. The zero-order valence-electron chi connectivity index (χ0n) is 11.2. The van der Waals surface area contributed by atoms with Gasteiger partial charge in [0.25, 0.3) is 5.91 Å². The van der Waals surface area contributed by atoms with E-state index >= 15 is 0 Å². The fourth-order valence-corrected chi connectivity index (χ4v) is 3.08. The van der Waals surface area contributed by atoms with E-state index in [1.54, 1.807) is 6.92 Å². The van der Waals surface area contributed by atoms with Crippen molar-refractivity contribution in [3.63, 3.8) is 0 Å². The zero-order chi connectivity index (χ0) is 14.8. The van der Waals surface area contributed by atoms with Crippen LogP contribution in [-0.4, -0.2) is 43.4 Å². The van der Waals surface area contributed by atoms with E-state index in [0.717, 1.165) is 12.8 Å². The minimum atomic E-state index is -3.08. The zero-order valence-corrected chi connectivity index (χ0v) is 12.8. The summed E-state index contributed by atoms with van der Waals surface area (Å²) >= 11 is 1.19. The standard InChI is InChI=1S/C11H18N4O3S2/c1-2-20(17,18)6-5-13-10(16)8-9(12)15-11(19-8)14-7-3-4-7/h7H,2-6,12H2,1H3,(H,13,16)(H,14,15). The number of carbonyl (C=O) groups is 1. The summed E-state index contributed by atoms with van der Waals surface area (Å²) in [5.74, 6) is -0.202. The molecule has 0 radical (unpaired) electrons. The molecule has 0 aliphatic heterocycles. The first-order valence-electron chi connectivity index (χ1n) is 6.42. The lowest BCUT2D eigenvalue weighted by Gasteiger charge is -2.03. The van der Waals surface area contributed by atoms with E-state index in [1.165, 1.54) is 11.3 Å². The van der Waals surface area contributed by atoms with Gasteiger partial charge in [-0.25, -0.2) is 13.4 Å². The molecule has 7 nitrogen and oxygen atoms in total. The minimum absolute atomic E-state index is 0.0683. The first-order chi connectivity index (χ1) is 9.41. The molecule has 0 atom stereocenters. The van der Waals surface area contributed by atoms with Crippen molar-refractivity contribution in [2.45, 2.75) is 25.8 Å². The molecule has 9 heteroatoms. The average molecular weight is 318 g/mol. The monoisotopic (exact) mass is 318 g/mol. The number of nitrogens with zero attached hydrogens (tertiary/aromatic N) is 1. The van der Waals surface area contributed by atoms with Gasteiger partial charge in [0.15, 0.2) is 15.0 Å². The number of nitrogens with one attached hydrogen (secondary N) is 2. The second kappa shape index (κ2) is 5.96. The quantitative estimate of drug-likeness (QED) is 0.673. The predicted octanol–water partition coefficient (Wildman–Crippen LogP) is 0.464. The summed E-state index contributed by atoms with van der Waals surface area (Å²) in [6, 6.07) is 0.436. The number of rotatable bonds is 7. The van der Waals surface area contributed by atoms with E-state index in [9.17, 15) is 13.2 Å². The highest BCUT2D eigenvalue weighted by atomic mass is 32.2. The number of amides is 1. The Hall–Kier alpha value is -1.35. The first kappa shape index (κ1) is 15.0. The SMILES string of the molecule is CCS(=O)(=O)CCNC(=O)c1sc(NC2CC2)nc1N. The highest BCUT2D eigenvalue weighted by molar-refractivity contribution is 7.91. The molecule has 0 bridgehead atoms. The molecule has 2 rings (SSSR count). The molecule has 1 aliphatic carbocycles. The maximum atomic E-state index is 11.9. The van der Waals surface area contributed by atoms with E-state index < -0.39 is 9.84 Å². The lowest BCUT2D eigenvalue weighted by molar-refractivity contribution is 0.0961. The van der Waals surface area contributed by atoms with E-state index in [0.29, 0.717) is 16.1 Å². The van der Waals surface area contributed by atoms with Gasteiger partial charge in [0.1, 0.15) is 10.7 Å². The van der Waals surface area contributed by atoms with Crippen molar-refractivity contribution < 1.29 is 13.2 Å². The highest BCUT2D eigenvalue weighted by Crippen LogP contribution is 2.30. The largest absolute Gasteiger partial charge is 0.382 e. The van der Waals surface area contributed by atoms with Gasteiger partial charge in [0.05, 0.1) is 5.75 Å². The van der Waals surface area contributed by atoms with Crippen molar-refractivity contribution in [1.29, 1.82) is 0 Å². The summed E-state index contributed by atoms with van der Waals surface area (Å²) in [5, 5.41) is 6.37. The number of anilines is 2. The van der Waals surface area contributed by atoms with Crippen LogP contribution in [-0.2, 0) is 9.84 Å². The Balaban J connectivity index is 1.89. The minimum Gasteiger partial charge on any atom is -0.382 e.